The summed E-state index contributed by atoms with van der Waals surface area (Å²) < 4.78 is 30.0. The van der Waals surface area contributed by atoms with Crippen LogP contribution in [-0.4, -0.2) is 25.2 Å². The number of hydrogen-bond acceptors (Lipinski definition) is 4. The molecule has 0 radical (unpaired) electrons. The van der Waals surface area contributed by atoms with Crippen molar-refractivity contribution in [3.8, 4) is 17.2 Å². The third kappa shape index (κ3) is 5.87. The number of hydrogen-bond donors (Lipinski definition) is 1. The van der Waals surface area contributed by atoms with E-state index in [9.17, 15) is 9.18 Å². The van der Waals surface area contributed by atoms with Crippen molar-refractivity contribution in [1.82, 2.24) is 5.32 Å². The van der Waals surface area contributed by atoms with E-state index < -0.39 is 6.10 Å². The molecule has 0 aliphatic rings. The maximum absolute atomic E-state index is 13.0. The molecule has 0 saturated heterocycles. The fraction of sp³-hybridized carbons (Fsp3) is 0.409. The Morgan fingerprint density at radius 2 is 1.64 bits per heavy atom. The van der Waals surface area contributed by atoms with Crippen LogP contribution < -0.4 is 19.5 Å². The van der Waals surface area contributed by atoms with Crippen LogP contribution in [0, 0.1) is 5.82 Å². The lowest BCUT2D eigenvalue weighted by Gasteiger charge is -2.21. The lowest BCUT2D eigenvalue weighted by atomic mass is 10.1. The quantitative estimate of drug-likeness (QED) is 0.642. The summed E-state index contributed by atoms with van der Waals surface area (Å²) in [5, 5.41) is 2.97. The first kappa shape index (κ1) is 21.5. The molecule has 28 heavy (non-hydrogen) atoms. The molecule has 2 atom stereocenters. The molecule has 5 nitrogen and oxygen atoms in total. The van der Waals surface area contributed by atoms with Gasteiger partial charge in [0.05, 0.1) is 19.3 Å². The zero-order valence-corrected chi connectivity index (χ0v) is 16.8. The predicted molar refractivity (Wildman–Crippen MR) is 106 cm³/mol. The molecule has 0 aliphatic heterocycles. The molecule has 0 spiro atoms. The van der Waals surface area contributed by atoms with E-state index in [4.69, 9.17) is 14.2 Å². The van der Waals surface area contributed by atoms with Gasteiger partial charge < -0.3 is 19.5 Å². The van der Waals surface area contributed by atoms with E-state index in [0.29, 0.717) is 36.9 Å². The maximum Gasteiger partial charge on any atom is 0.261 e. The average molecular weight is 389 g/mol. The molecule has 2 aromatic rings. The van der Waals surface area contributed by atoms with Crippen molar-refractivity contribution in [2.45, 2.75) is 46.3 Å². The largest absolute Gasteiger partial charge is 0.490 e. The second-order valence-electron chi connectivity index (χ2n) is 6.27. The molecule has 1 N–H and O–H groups in total. The number of amides is 1. The SMILES string of the molecule is CCOc1ccc([C@H](C)NC(=O)[C@H](CC)Oc2ccc(F)cc2)cc1OCC. The molecule has 2 rings (SSSR count). The highest BCUT2D eigenvalue weighted by Gasteiger charge is 2.21. The molecule has 0 unspecified atom stereocenters. The van der Waals surface area contributed by atoms with Crippen molar-refractivity contribution < 1.29 is 23.4 Å². The topological polar surface area (TPSA) is 56.8 Å². The van der Waals surface area contributed by atoms with Crippen LogP contribution in [0.15, 0.2) is 42.5 Å². The van der Waals surface area contributed by atoms with Crippen LogP contribution in [0.4, 0.5) is 4.39 Å². The molecule has 152 valence electrons. The second-order valence-corrected chi connectivity index (χ2v) is 6.27. The van der Waals surface area contributed by atoms with Gasteiger partial charge in [-0.2, -0.15) is 0 Å². The number of carbonyl (C=O) groups is 1. The Kier molecular flexibility index (Phi) is 8.11. The van der Waals surface area contributed by atoms with Crippen molar-refractivity contribution in [3.05, 3.63) is 53.8 Å². The van der Waals surface area contributed by atoms with Crippen molar-refractivity contribution in [2.24, 2.45) is 0 Å². The van der Waals surface area contributed by atoms with Crippen LogP contribution in [0.2, 0.25) is 0 Å². The minimum atomic E-state index is -0.665. The summed E-state index contributed by atoms with van der Waals surface area (Å²) in [7, 11) is 0. The first-order valence-electron chi connectivity index (χ1n) is 9.60. The standard InChI is InChI=1S/C22H28FNO4/c1-5-19(28-18-11-9-17(23)10-12-18)22(25)24-15(4)16-8-13-20(26-6-2)21(14-16)27-7-3/h8-15,19H,5-7H2,1-4H3,(H,24,25)/t15-,19-/m0/s1. The lowest BCUT2D eigenvalue weighted by Crippen LogP contribution is -2.39. The Labute approximate surface area is 165 Å². The predicted octanol–water partition coefficient (Wildman–Crippen LogP) is 4.66. The summed E-state index contributed by atoms with van der Waals surface area (Å²) >= 11 is 0. The van der Waals surface area contributed by atoms with Crippen molar-refractivity contribution in [2.75, 3.05) is 13.2 Å². The summed E-state index contributed by atoms with van der Waals surface area (Å²) in [5.41, 5.74) is 0.900. The molecular formula is C22H28FNO4. The van der Waals surface area contributed by atoms with Gasteiger partial charge >= 0.3 is 0 Å². The van der Waals surface area contributed by atoms with E-state index in [1.807, 2.05) is 45.9 Å². The molecule has 0 saturated carbocycles. The number of rotatable bonds is 10. The maximum atomic E-state index is 13.0. The first-order chi connectivity index (χ1) is 13.5. The number of nitrogens with one attached hydrogen (secondary N) is 1. The zero-order valence-electron chi connectivity index (χ0n) is 16.8. The normalized spacial score (nSPS) is 12.8. The number of ether oxygens (including phenoxy) is 3. The zero-order chi connectivity index (χ0) is 20.5. The Morgan fingerprint density at radius 1 is 1.00 bits per heavy atom. The first-order valence-corrected chi connectivity index (χ1v) is 9.60. The van der Waals surface area contributed by atoms with Gasteiger partial charge in [0.1, 0.15) is 11.6 Å². The van der Waals surface area contributed by atoms with Crippen molar-refractivity contribution >= 4 is 5.91 Å². The molecule has 0 aliphatic carbocycles. The smallest absolute Gasteiger partial charge is 0.261 e. The van der Waals surface area contributed by atoms with Crippen LogP contribution in [0.1, 0.15) is 45.7 Å². The molecule has 2 aromatic carbocycles. The number of halogens is 1. The minimum absolute atomic E-state index is 0.230. The van der Waals surface area contributed by atoms with Crippen molar-refractivity contribution in [3.63, 3.8) is 0 Å². The van der Waals surface area contributed by atoms with E-state index >= 15 is 0 Å². The summed E-state index contributed by atoms with van der Waals surface area (Å²) in [4.78, 5) is 12.6. The lowest BCUT2D eigenvalue weighted by molar-refractivity contribution is -0.128. The van der Waals surface area contributed by atoms with E-state index in [2.05, 4.69) is 5.32 Å². The highest BCUT2D eigenvalue weighted by molar-refractivity contribution is 5.81. The minimum Gasteiger partial charge on any atom is -0.490 e. The number of carbonyl (C=O) groups excluding carboxylic acids is 1. The Hall–Kier alpha value is -2.76. The monoisotopic (exact) mass is 389 g/mol. The van der Waals surface area contributed by atoms with Crippen LogP contribution in [0.5, 0.6) is 17.2 Å². The second kappa shape index (κ2) is 10.5. The molecule has 1 amide bonds. The van der Waals surface area contributed by atoms with Gasteiger partial charge in [-0.15, -0.1) is 0 Å². The van der Waals surface area contributed by atoms with E-state index in [1.165, 1.54) is 24.3 Å². The van der Waals surface area contributed by atoms with Gasteiger partial charge in [-0.1, -0.05) is 13.0 Å². The van der Waals surface area contributed by atoms with E-state index in [1.54, 1.807) is 0 Å². The van der Waals surface area contributed by atoms with Gasteiger partial charge in [-0.3, -0.25) is 4.79 Å². The Morgan fingerprint density at radius 3 is 2.25 bits per heavy atom. The van der Waals surface area contributed by atoms with Gasteiger partial charge in [0.25, 0.3) is 5.91 Å². The van der Waals surface area contributed by atoms with E-state index in [-0.39, 0.29) is 17.8 Å². The van der Waals surface area contributed by atoms with Gasteiger partial charge in [0, 0.05) is 0 Å². The Balaban J connectivity index is 2.06. The highest BCUT2D eigenvalue weighted by atomic mass is 19.1. The average Bonchev–Trinajstić information content (AvgIpc) is 2.69. The third-order valence-corrected chi connectivity index (χ3v) is 4.18. The van der Waals surface area contributed by atoms with Crippen LogP contribution in [-0.2, 0) is 4.79 Å². The van der Waals surface area contributed by atoms with Crippen molar-refractivity contribution in [1.29, 1.82) is 0 Å². The van der Waals surface area contributed by atoms with Crippen LogP contribution >= 0.6 is 0 Å². The fourth-order valence-electron chi connectivity index (χ4n) is 2.73. The van der Waals surface area contributed by atoms with E-state index in [0.717, 1.165) is 5.56 Å². The fourth-order valence-corrected chi connectivity index (χ4v) is 2.73. The molecule has 0 aromatic heterocycles. The summed E-state index contributed by atoms with van der Waals surface area (Å²) in [6, 6.07) is 11.0. The van der Waals surface area contributed by atoms with Gasteiger partial charge in [-0.25, -0.2) is 4.39 Å². The summed E-state index contributed by atoms with van der Waals surface area (Å²) in [5.74, 6) is 1.20. The molecule has 0 bridgehead atoms. The molecule has 0 heterocycles. The molecular weight excluding hydrogens is 361 g/mol. The van der Waals surface area contributed by atoms with Crippen LogP contribution in [0.25, 0.3) is 0 Å². The third-order valence-electron chi connectivity index (χ3n) is 4.18. The van der Waals surface area contributed by atoms with Gasteiger partial charge in [0.2, 0.25) is 0 Å². The highest BCUT2D eigenvalue weighted by Crippen LogP contribution is 2.30. The molecule has 6 heteroatoms. The molecule has 0 fully saturated rings. The summed E-state index contributed by atoms with van der Waals surface area (Å²) in [6.07, 6.45) is -0.175. The van der Waals surface area contributed by atoms with Crippen LogP contribution in [0.3, 0.4) is 0 Å². The van der Waals surface area contributed by atoms with Gasteiger partial charge in [-0.05, 0) is 69.2 Å². The Bertz CT molecular complexity index is 764. The van der Waals surface area contributed by atoms with Gasteiger partial charge in [0.15, 0.2) is 17.6 Å². The summed E-state index contributed by atoms with van der Waals surface area (Å²) in [6.45, 7) is 8.65. The number of benzene rings is 2.